The summed E-state index contributed by atoms with van der Waals surface area (Å²) in [6, 6.07) is 0. The number of hydrogen-bond donors (Lipinski definition) is 1. The van der Waals surface area contributed by atoms with Crippen LogP contribution in [0.15, 0.2) is 0 Å². The first kappa shape index (κ1) is 13.9. The van der Waals surface area contributed by atoms with E-state index in [1.54, 1.807) is 14.0 Å². The Morgan fingerprint density at radius 3 is 2.71 bits per heavy atom. The van der Waals surface area contributed by atoms with Crippen molar-refractivity contribution in [1.29, 1.82) is 0 Å². The highest BCUT2D eigenvalue weighted by Crippen LogP contribution is 2.18. The van der Waals surface area contributed by atoms with Crippen molar-refractivity contribution < 1.29 is 19.1 Å². The highest BCUT2D eigenvalue weighted by atomic mass is 16.5. The molecule has 1 saturated heterocycles. The second-order valence-electron chi connectivity index (χ2n) is 4.57. The molecule has 0 aromatic rings. The lowest BCUT2D eigenvalue weighted by molar-refractivity contribution is -0.146. The van der Waals surface area contributed by atoms with Gasteiger partial charge in [0, 0.05) is 20.2 Å². The smallest absolute Gasteiger partial charge is 0.310 e. The van der Waals surface area contributed by atoms with Gasteiger partial charge in [-0.05, 0) is 6.42 Å². The first-order chi connectivity index (χ1) is 7.90. The van der Waals surface area contributed by atoms with Gasteiger partial charge in [-0.3, -0.25) is 9.59 Å². The monoisotopic (exact) mass is 244 g/mol. The molecule has 1 rings (SSSR count). The lowest BCUT2D eigenvalue weighted by Crippen LogP contribution is -2.55. The standard InChI is InChI=1S/C11H20N2O4/c1-8(9(14)16-3)6-13(2)10(15)11(12)4-5-17-7-11/h8H,4-7,12H2,1-3H3. The molecule has 0 saturated carbocycles. The molecule has 98 valence electrons. The topological polar surface area (TPSA) is 81.9 Å². The molecule has 1 aliphatic heterocycles. The molecule has 2 atom stereocenters. The summed E-state index contributed by atoms with van der Waals surface area (Å²) in [6.45, 7) is 2.75. The minimum absolute atomic E-state index is 0.189. The number of amides is 1. The Bertz CT molecular complexity index is 300. The van der Waals surface area contributed by atoms with Crippen LogP contribution in [0.1, 0.15) is 13.3 Å². The van der Waals surface area contributed by atoms with E-state index >= 15 is 0 Å². The lowest BCUT2D eigenvalue weighted by atomic mass is 9.98. The fraction of sp³-hybridized carbons (Fsp3) is 0.818. The van der Waals surface area contributed by atoms with Gasteiger partial charge < -0.3 is 20.1 Å². The van der Waals surface area contributed by atoms with E-state index in [-0.39, 0.29) is 24.4 Å². The Balaban J connectivity index is 2.55. The van der Waals surface area contributed by atoms with Crippen LogP contribution in [0, 0.1) is 5.92 Å². The molecule has 2 unspecified atom stereocenters. The zero-order valence-electron chi connectivity index (χ0n) is 10.6. The van der Waals surface area contributed by atoms with Crippen LogP contribution in [-0.4, -0.2) is 56.2 Å². The summed E-state index contributed by atoms with van der Waals surface area (Å²) in [5.74, 6) is -0.885. The summed E-state index contributed by atoms with van der Waals surface area (Å²) in [6.07, 6.45) is 0.517. The highest BCUT2D eigenvalue weighted by molar-refractivity contribution is 5.87. The molecule has 6 nitrogen and oxygen atoms in total. The maximum atomic E-state index is 12.1. The number of rotatable bonds is 4. The summed E-state index contributed by atoms with van der Waals surface area (Å²) < 4.78 is 9.75. The van der Waals surface area contributed by atoms with Gasteiger partial charge in [0.05, 0.1) is 19.6 Å². The average Bonchev–Trinajstić information content (AvgIpc) is 2.75. The normalized spacial score (nSPS) is 25.4. The van der Waals surface area contributed by atoms with Crippen molar-refractivity contribution >= 4 is 11.9 Å². The van der Waals surface area contributed by atoms with Crippen LogP contribution < -0.4 is 5.73 Å². The number of ether oxygens (including phenoxy) is 2. The third kappa shape index (κ3) is 3.17. The number of hydrogen-bond acceptors (Lipinski definition) is 5. The van der Waals surface area contributed by atoms with Gasteiger partial charge >= 0.3 is 5.97 Å². The third-order valence-corrected chi connectivity index (χ3v) is 2.98. The SMILES string of the molecule is COC(=O)C(C)CN(C)C(=O)C1(N)CCOC1. The van der Waals surface area contributed by atoms with Crippen molar-refractivity contribution in [2.24, 2.45) is 11.7 Å². The van der Waals surface area contributed by atoms with Crippen molar-refractivity contribution in [2.45, 2.75) is 18.9 Å². The van der Waals surface area contributed by atoms with E-state index in [4.69, 9.17) is 10.5 Å². The number of nitrogens with two attached hydrogens (primary N) is 1. The van der Waals surface area contributed by atoms with E-state index in [1.807, 2.05) is 0 Å². The number of nitrogens with zero attached hydrogens (tertiary/aromatic N) is 1. The summed E-state index contributed by atoms with van der Waals surface area (Å²) in [7, 11) is 2.96. The summed E-state index contributed by atoms with van der Waals surface area (Å²) in [4.78, 5) is 24.8. The second-order valence-corrected chi connectivity index (χ2v) is 4.57. The molecule has 1 amide bonds. The fourth-order valence-electron chi connectivity index (χ4n) is 1.90. The van der Waals surface area contributed by atoms with Gasteiger partial charge in [-0.1, -0.05) is 6.92 Å². The predicted molar refractivity (Wildman–Crippen MR) is 61.2 cm³/mol. The Kier molecular flexibility index (Phi) is 4.47. The van der Waals surface area contributed by atoms with Gasteiger partial charge in [0.25, 0.3) is 0 Å². The molecular formula is C11H20N2O4. The molecule has 1 fully saturated rings. The third-order valence-electron chi connectivity index (χ3n) is 2.98. The van der Waals surface area contributed by atoms with Crippen LogP contribution in [0.4, 0.5) is 0 Å². The zero-order valence-corrected chi connectivity index (χ0v) is 10.6. The van der Waals surface area contributed by atoms with Gasteiger partial charge in [-0.25, -0.2) is 0 Å². The molecule has 1 aliphatic rings. The Morgan fingerprint density at radius 1 is 1.59 bits per heavy atom. The Hall–Kier alpha value is -1.14. The van der Waals surface area contributed by atoms with Crippen LogP contribution in [-0.2, 0) is 19.1 Å². The molecule has 0 radical (unpaired) electrons. The second kappa shape index (κ2) is 5.46. The highest BCUT2D eigenvalue weighted by Gasteiger charge is 2.40. The molecule has 2 N–H and O–H groups in total. The minimum atomic E-state index is -0.940. The molecule has 0 aromatic heterocycles. The molecule has 17 heavy (non-hydrogen) atoms. The van der Waals surface area contributed by atoms with E-state index in [2.05, 4.69) is 4.74 Å². The van der Waals surface area contributed by atoms with E-state index < -0.39 is 5.54 Å². The predicted octanol–water partition coefficient (Wildman–Crippen LogP) is -0.628. The van der Waals surface area contributed by atoms with Crippen molar-refractivity contribution in [3.63, 3.8) is 0 Å². The molecule has 1 heterocycles. The molecule has 0 spiro atoms. The average molecular weight is 244 g/mol. The van der Waals surface area contributed by atoms with Crippen molar-refractivity contribution in [3.05, 3.63) is 0 Å². The summed E-state index contributed by atoms with van der Waals surface area (Å²) in [5.41, 5.74) is 5.02. The molecule has 6 heteroatoms. The molecule has 0 aromatic carbocycles. The van der Waals surface area contributed by atoms with Crippen LogP contribution >= 0.6 is 0 Å². The largest absolute Gasteiger partial charge is 0.469 e. The summed E-state index contributed by atoms with van der Waals surface area (Å²) in [5, 5.41) is 0. The van der Waals surface area contributed by atoms with Gasteiger partial charge in [-0.15, -0.1) is 0 Å². The molecule has 0 bridgehead atoms. The molecule has 0 aliphatic carbocycles. The number of methoxy groups -OCH3 is 1. The van der Waals surface area contributed by atoms with Crippen LogP contribution in [0.2, 0.25) is 0 Å². The van der Waals surface area contributed by atoms with Gasteiger partial charge in [0.15, 0.2) is 0 Å². The maximum absolute atomic E-state index is 12.1. The van der Waals surface area contributed by atoms with Crippen molar-refractivity contribution in [1.82, 2.24) is 4.90 Å². The van der Waals surface area contributed by atoms with Crippen LogP contribution in [0.3, 0.4) is 0 Å². The minimum Gasteiger partial charge on any atom is -0.469 e. The van der Waals surface area contributed by atoms with Gasteiger partial charge in [-0.2, -0.15) is 0 Å². The van der Waals surface area contributed by atoms with Crippen molar-refractivity contribution in [3.8, 4) is 0 Å². The van der Waals surface area contributed by atoms with E-state index in [0.29, 0.717) is 19.6 Å². The number of likely N-dealkylation sites (N-methyl/N-ethyl adjacent to an activating group) is 1. The lowest BCUT2D eigenvalue weighted by Gasteiger charge is -2.28. The van der Waals surface area contributed by atoms with Crippen molar-refractivity contribution in [2.75, 3.05) is 33.9 Å². The summed E-state index contributed by atoms with van der Waals surface area (Å²) >= 11 is 0. The van der Waals surface area contributed by atoms with Crippen LogP contribution in [0.25, 0.3) is 0 Å². The van der Waals surface area contributed by atoms with E-state index in [1.165, 1.54) is 12.0 Å². The maximum Gasteiger partial charge on any atom is 0.310 e. The van der Waals surface area contributed by atoms with E-state index in [9.17, 15) is 9.59 Å². The first-order valence-electron chi connectivity index (χ1n) is 5.61. The Labute approximate surface area is 101 Å². The Morgan fingerprint density at radius 2 is 2.24 bits per heavy atom. The van der Waals surface area contributed by atoms with E-state index in [0.717, 1.165) is 0 Å². The van der Waals surface area contributed by atoms with Crippen LogP contribution in [0.5, 0.6) is 0 Å². The van der Waals surface area contributed by atoms with Gasteiger partial charge in [0.2, 0.25) is 5.91 Å². The zero-order chi connectivity index (χ0) is 13.1. The fourth-order valence-corrected chi connectivity index (χ4v) is 1.90. The molecular weight excluding hydrogens is 224 g/mol. The first-order valence-corrected chi connectivity index (χ1v) is 5.61. The number of carbonyl (C=O) groups is 2. The quantitative estimate of drug-likeness (QED) is 0.666. The number of esters is 1. The van der Waals surface area contributed by atoms with Gasteiger partial charge in [0.1, 0.15) is 5.54 Å². The number of carbonyl (C=O) groups excluding carboxylic acids is 2.